The number of aryl methyl sites for hydroxylation is 1. The summed E-state index contributed by atoms with van der Waals surface area (Å²) in [6.07, 6.45) is 6.25. The van der Waals surface area contributed by atoms with Crippen molar-refractivity contribution in [2.24, 2.45) is 5.92 Å². The topological polar surface area (TPSA) is 77.8 Å². The van der Waals surface area contributed by atoms with Gasteiger partial charge in [0, 0.05) is 11.3 Å². The molecule has 1 saturated carbocycles. The lowest BCUT2D eigenvalue weighted by Crippen LogP contribution is -2.19. The van der Waals surface area contributed by atoms with Gasteiger partial charge in [0.1, 0.15) is 0 Å². The monoisotopic (exact) mass is 458 g/mol. The van der Waals surface area contributed by atoms with Crippen molar-refractivity contribution in [3.05, 3.63) is 70.8 Å². The number of aliphatic hydroxyl groups excluding tert-OH is 2. The van der Waals surface area contributed by atoms with Gasteiger partial charge >= 0.3 is 5.97 Å². The largest absolute Gasteiger partial charge is 0.478 e. The highest BCUT2D eigenvalue weighted by molar-refractivity contribution is 6.21. The zero-order valence-electron chi connectivity index (χ0n) is 18.8. The molecule has 3 N–H and O–H groups in total. The van der Waals surface area contributed by atoms with E-state index in [0.717, 1.165) is 61.6 Å². The number of unbranched alkanes of at least 4 members (excludes halogenated alkanes) is 2. The molecule has 4 nitrogen and oxygen atoms in total. The molecule has 0 aliphatic heterocycles. The van der Waals surface area contributed by atoms with E-state index in [-0.39, 0.29) is 17.2 Å². The molecule has 0 heterocycles. The molecule has 2 aromatic carbocycles. The van der Waals surface area contributed by atoms with E-state index in [1.807, 2.05) is 30.3 Å². The third-order valence-electron chi connectivity index (χ3n) is 6.77. The van der Waals surface area contributed by atoms with Crippen LogP contribution in [-0.4, -0.2) is 32.8 Å². The third-order valence-corrected chi connectivity index (χ3v) is 7.27. The molecule has 2 aromatic rings. The minimum atomic E-state index is -0.911. The Morgan fingerprint density at radius 1 is 1.12 bits per heavy atom. The first-order valence-corrected chi connectivity index (χ1v) is 12.3. The number of hydrogen-bond donors (Lipinski definition) is 3. The summed E-state index contributed by atoms with van der Waals surface area (Å²) in [5.74, 6) is -0.769. The fourth-order valence-electron chi connectivity index (χ4n) is 4.99. The summed E-state index contributed by atoms with van der Waals surface area (Å²) >= 11 is 6.64. The standard InChI is InChI=1S/C27H35ClO4/c1-2-3-4-11-24(29)19-12-14-20(15-13-19)26-22(23(28)17-25(26)30)10-6-8-18-7-5-9-21(16-18)27(31)32/h5,7,9,12-16,22-26,29-30H,2-4,6,8,10-11,17H2,1H3,(H,31,32)/t22-,23?,24?,25+,26?/m0/s1. The van der Waals surface area contributed by atoms with Crippen LogP contribution in [-0.2, 0) is 6.42 Å². The van der Waals surface area contributed by atoms with Gasteiger partial charge in [-0.05, 0) is 66.8 Å². The van der Waals surface area contributed by atoms with Crippen molar-refractivity contribution in [3.8, 4) is 0 Å². The fourth-order valence-corrected chi connectivity index (χ4v) is 5.45. The van der Waals surface area contributed by atoms with E-state index in [2.05, 4.69) is 6.92 Å². The van der Waals surface area contributed by atoms with Gasteiger partial charge in [-0.1, -0.05) is 62.6 Å². The van der Waals surface area contributed by atoms with Crippen molar-refractivity contribution in [1.82, 2.24) is 0 Å². The number of aromatic carboxylic acids is 1. The first kappa shape index (κ1) is 24.8. The number of halogens is 1. The molecular weight excluding hydrogens is 424 g/mol. The van der Waals surface area contributed by atoms with Crippen molar-refractivity contribution >= 4 is 17.6 Å². The highest BCUT2D eigenvalue weighted by Crippen LogP contribution is 2.45. The van der Waals surface area contributed by atoms with Crippen molar-refractivity contribution in [3.63, 3.8) is 0 Å². The molecule has 32 heavy (non-hydrogen) atoms. The average molecular weight is 459 g/mol. The van der Waals surface area contributed by atoms with Crippen LogP contribution in [0.25, 0.3) is 0 Å². The molecule has 3 unspecified atom stereocenters. The van der Waals surface area contributed by atoms with E-state index in [1.54, 1.807) is 18.2 Å². The van der Waals surface area contributed by atoms with Crippen LogP contribution in [0.2, 0.25) is 0 Å². The van der Waals surface area contributed by atoms with Crippen LogP contribution in [0, 0.1) is 5.92 Å². The summed E-state index contributed by atoms with van der Waals surface area (Å²) in [6, 6.07) is 15.1. The normalized spacial score (nSPS) is 23.9. The summed E-state index contributed by atoms with van der Waals surface area (Å²) < 4.78 is 0. The first-order chi connectivity index (χ1) is 15.4. The third kappa shape index (κ3) is 6.34. The van der Waals surface area contributed by atoms with E-state index < -0.39 is 18.2 Å². The second-order valence-electron chi connectivity index (χ2n) is 9.08. The van der Waals surface area contributed by atoms with Crippen LogP contribution >= 0.6 is 11.6 Å². The smallest absolute Gasteiger partial charge is 0.335 e. The molecule has 1 aliphatic rings. The SMILES string of the molecule is CCCCCC(O)c1ccc(C2[C@@H](CCCc3cccc(C(=O)O)c3)C(Cl)C[C@H]2O)cc1. The lowest BCUT2D eigenvalue weighted by atomic mass is 9.83. The van der Waals surface area contributed by atoms with Crippen molar-refractivity contribution < 1.29 is 20.1 Å². The van der Waals surface area contributed by atoms with Gasteiger partial charge in [0.25, 0.3) is 0 Å². The van der Waals surface area contributed by atoms with E-state index in [0.29, 0.717) is 12.0 Å². The van der Waals surface area contributed by atoms with Crippen LogP contribution in [0.4, 0.5) is 0 Å². The number of carboxylic acids is 1. The maximum absolute atomic E-state index is 11.2. The molecular formula is C27H35ClO4. The molecule has 0 amide bonds. The van der Waals surface area contributed by atoms with Gasteiger partial charge in [0.15, 0.2) is 0 Å². The van der Waals surface area contributed by atoms with Crippen LogP contribution in [0.5, 0.6) is 0 Å². The summed E-state index contributed by atoms with van der Waals surface area (Å²) in [6.45, 7) is 2.15. The summed E-state index contributed by atoms with van der Waals surface area (Å²) in [7, 11) is 0. The van der Waals surface area contributed by atoms with Gasteiger partial charge in [0.05, 0.1) is 17.8 Å². The fraction of sp³-hybridized carbons (Fsp3) is 0.519. The zero-order valence-corrected chi connectivity index (χ0v) is 19.5. The Hall–Kier alpha value is -1.88. The van der Waals surface area contributed by atoms with Crippen LogP contribution in [0.3, 0.4) is 0 Å². The minimum absolute atomic E-state index is 0.0193. The minimum Gasteiger partial charge on any atom is -0.478 e. The molecule has 0 bridgehead atoms. The van der Waals surface area contributed by atoms with Crippen LogP contribution in [0.15, 0.2) is 48.5 Å². The molecule has 1 fully saturated rings. The van der Waals surface area contributed by atoms with Gasteiger partial charge in [-0.2, -0.15) is 0 Å². The number of hydrogen-bond acceptors (Lipinski definition) is 3. The van der Waals surface area contributed by atoms with Crippen LogP contribution < -0.4 is 0 Å². The van der Waals surface area contributed by atoms with Gasteiger partial charge in [-0.3, -0.25) is 0 Å². The average Bonchev–Trinajstić information content (AvgIpc) is 3.07. The van der Waals surface area contributed by atoms with Gasteiger partial charge in [0.2, 0.25) is 0 Å². The Balaban J connectivity index is 1.62. The summed E-state index contributed by atoms with van der Waals surface area (Å²) in [4.78, 5) is 11.2. The Morgan fingerprint density at radius 3 is 2.56 bits per heavy atom. The van der Waals surface area contributed by atoms with Gasteiger partial charge in [-0.15, -0.1) is 11.6 Å². The predicted octanol–water partition coefficient (Wildman–Crippen LogP) is 6.09. The molecule has 1 aliphatic carbocycles. The summed E-state index contributed by atoms with van der Waals surface area (Å²) in [5, 5.41) is 30.2. The number of alkyl halides is 1. The number of carbonyl (C=O) groups is 1. The molecule has 0 aromatic heterocycles. The maximum Gasteiger partial charge on any atom is 0.335 e. The second-order valence-corrected chi connectivity index (χ2v) is 9.65. The quantitative estimate of drug-likeness (QED) is 0.281. The van der Waals surface area contributed by atoms with Crippen molar-refractivity contribution in [2.45, 2.75) is 81.8 Å². The van der Waals surface area contributed by atoms with Gasteiger partial charge < -0.3 is 15.3 Å². The Morgan fingerprint density at radius 2 is 1.88 bits per heavy atom. The molecule has 0 spiro atoms. The van der Waals surface area contributed by atoms with E-state index in [9.17, 15) is 20.1 Å². The lowest BCUT2D eigenvalue weighted by Gasteiger charge is -2.24. The molecule has 174 valence electrons. The number of aliphatic hydroxyl groups is 2. The number of rotatable bonds is 11. The molecule has 0 radical (unpaired) electrons. The van der Waals surface area contributed by atoms with E-state index >= 15 is 0 Å². The molecule has 0 saturated heterocycles. The number of benzene rings is 2. The van der Waals surface area contributed by atoms with E-state index in [1.165, 1.54) is 0 Å². The lowest BCUT2D eigenvalue weighted by molar-refractivity contribution is 0.0696. The number of carboxylic acid groups (broad SMARTS) is 1. The molecule has 5 atom stereocenters. The summed E-state index contributed by atoms with van der Waals surface area (Å²) in [5.41, 5.74) is 3.31. The second kappa shape index (κ2) is 11.8. The Labute approximate surface area is 196 Å². The van der Waals surface area contributed by atoms with E-state index in [4.69, 9.17) is 11.6 Å². The Bertz CT molecular complexity index is 866. The Kier molecular flexibility index (Phi) is 9.15. The predicted molar refractivity (Wildman–Crippen MR) is 128 cm³/mol. The van der Waals surface area contributed by atoms with Crippen LogP contribution in [0.1, 0.15) is 90.9 Å². The highest BCUT2D eigenvalue weighted by Gasteiger charge is 2.41. The zero-order chi connectivity index (χ0) is 23.1. The van der Waals surface area contributed by atoms with Gasteiger partial charge in [-0.25, -0.2) is 4.79 Å². The first-order valence-electron chi connectivity index (χ1n) is 11.8. The van der Waals surface area contributed by atoms with Crippen molar-refractivity contribution in [2.75, 3.05) is 0 Å². The van der Waals surface area contributed by atoms with Crippen molar-refractivity contribution in [1.29, 1.82) is 0 Å². The molecule has 5 heteroatoms. The highest BCUT2D eigenvalue weighted by atomic mass is 35.5. The maximum atomic E-state index is 11.2. The molecule has 3 rings (SSSR count).